The molecule has 0 spiro atoms. The van der Waals surface area contributed by atoms with E-state index in [1.165, 1.54) is 13.0 Å². The average Bonchev–Trinajstić information content (AvgIpc) is 2.88. The topological polar surface area (TPSA) is 141 Å². The molecule has 0 heterocycles. The number of aliphatic hydroxyl groups is 3. The van der Waals surface area contributed by atoms with Crippen LogP contribution >= 0.6 is 0 Å². The molecule has 2 aromatic rings. The summed E-state index contributed by atoms with van der Waals surface area (Å²) in [6, 6.07) is 8.64. The van der Waals surface area contributed by atoms with Gasteiger partial charge in [0.1, 0.15) is 23.1 Å². The Bertz CT molecular complexity index is 1170. The lowest BCUT2D eigenvalue weighted by atomic mass is 9.72. The summed E-state index contributed by atoms with van der Waals surface area (Å²) >= 11 is 0. The molecule has 8 heteroatoms. The monoisotopic (exact) mass is 526 g/mol. The molecule has 1 aliphatic rings. The summed E-state index contributed by atoms with van der Waals surface area (Å²) in [7, 11) is 1.54. The van der Waals surface area contributed by atoms with Crippen LogP contribution in [0.2, 0.25) is 0 Å². The van der Waals surface area contributed by atoms with E-state index < -0.39 is 24.5 Å². The van der Waals surface area contributed by atoms with Crippen molar-refractivity contribution >= 4 is 17.3 Å². The van der Waals surface area contributed by atoms with Gasteiger partial charge in [0.25, 0.3) is 0 Å². The predicted octanol–water partition coefficient (Wildman–Crippen LogP) is 3.80. The molecule has 4 unspecified atom stereocenters. The number of rotatable bonds is 13. The predicted molar refractivity (Wildman–Crippen MR) is 142 cm³/mol. The van der Waals surface area contributed by atoms with Crippen molar-refractivity contribution in [1.29, 1.82) is 0 Å². The molecule has 0 amide bonds. The van der Waals surface area contributed by atoms with Crippen molar-refractivity contribution in [1.82, 2.24) is 0 Å². The van der Waals surface area contributed by atoms with Crippen LogP contribution in [-0.4, -0.2) is 58.1 Å². The van der Waals surface area contributed by atoms with E-state index in [1.54, 1.807) is 25.3 Å². The number of phenols is 1. The summed E-state index contributed by atoms with van der Waals surface area (Å²) in [6.07, 6.45) is 0.805. The minimum atomic E-state index is -0.807. The summed E-state index contributed by atoms with van der Waals surface area (Å²) in [6.45, 7) is 2.57. The first-order chi connectivity index (χ1) is 18.1. The molecule has 0 fully saturated rings. The molecule has 1 aliphatic carbocycles. The summed E-state index contributed by atoms with van der Waals surface area (Å²) in [5.41, 5.74) is 3.03. The zero-order chi connectivity index (χ0) is 28.0. The molecule has 0 bridgehead atoms. The van der Waals surface area contributed by atoms with Crippen molar-refractivity contribution in [2.45, 2.75) is 58.5 Å². The number of carbonyl (C=O) groups is 3. The number of phenolic OH excluding ortho intramolecular Hbond substituents is 1. The lowest BCUT2D eigenvalue weighted by Gasteiger charge is -2.32. The first-order valence-electron chi connectivity index (χ1n) is 13.1. The summed E-state index contributed by atoms with van der Waals surface area (Å²) < 4.78 is 5.59. The van der Waals surface area contributed by atoms with Crippen LogP contribution < -0.4 is 4.74 Å². The Labute approximate surface area is 223 Å². The molecule has 0 aromatic heterocycles. The quantitative estimate of drug-likeness (QED) is 0.289. The maximum atomic E-state index is 13.3. The number of carbonyl (C=O) groups excluding carboxylic acids is 3. The highest BCUT2D eigenvalue weighted by Crippen LogP contribution is 2.43. The number of Topliss-reactive ketones (excluding diaryl/α,β-unsaturated/α-hetero) is 3. The second-order valence-electron chi connectivity index (χ2n) is 10.2. The lowest BCUT2D eigenvalue weighted by molar-refractivity contribution is -0.131. The number of ether oxygens (including phenoxy) is 1. The maximum Gasteiger partial charge on any atom is 0.167 e. The number of ketones is 3. The molecule has 0 saturated carbocycles. The van der Waals surface area contributed by atoms with E-state index in [0.29, 0.717) is 47.3 Å². The Morgan fingerprint density at radius 1 is 1.11 bits per heavy atom. The number of methoxy groups -OCH3 is 1. The van der Waals surface area contributed by atoms with E-state index in [1.807, 2.05) is 13.0 Å². The van der Waals surface area contributed by atoms with Crippen LogP contribution in [0.4, 0.5) is 0 Å². The number of benzene rings is 2. The standard InChI is InChI=1S/C30H38O8/c1-4-25(34)20-5-8-29(38-3)22(15-20)21-6-7-26(35)30-23(21)13-18(14-28(30)37)12-19(9-10-31)24(16-32)27(36)11-17(2)33/h5-8,15,18-19,24-25,31-32,34-35H,4,9-14,16H2,1-3H3. The molecule has 0 radical (unpaired) electrons. The maximum absolute atomic E-state index is 13.3. The van der Waals surface area contributed by atoms with Crippen molar-refractivity contribution in [2.75, 3.05) is 20.3 Å². The van der Waals surface area contributed by atoms with Crippen LogP contribution in [0.15, 0.2) is 30.3 Å². The third kappa shape index (κ3) is 6.49. The smallest absolute Gasteiger partial charge is 0.167 e. The van der Waals surface area contributed by atoms with Crippen LogP contribution in [0.1, 0.15) is 73.5 Å². The Hall–Kier alpha value is -3.07. The van der Waals surface area contributed by atoms with Gasteiger partial charge >= 0.3 is 0 Å². The molecule has 8 nitrogen and oxygen atoms in total. The van der Waals surface area contributed by atoms with Crippen LogP contribution in [0.3, 0.4) is 0 Å². The highest BCUT2D eigenvalue weighted by atomic mass is 16.5. The fourth-order valence-corrected chi connectivity index (χ4v) is 5.65. The number of hydrogen-bond donors (Lipinski definition) is 4. The van der Waals surface area contributed by atoms with Gasteiger partial charge in [-0.3, -0.25) is 14.4 Å². The van der Waals surface area contributed by atoms with E-state index >= 15 is 0 Å². The molecule has 38 heavy (non-hydrogen) atoms. The summed E-state index contributed by atoms with van der Waals surface area (Å²) in [5, 5.41) is 40.7. The third-order valence-corrected chi connectivity index (χ3v) is 7.56. The van der Waals surface area contributed by atoms with Crippen LogP contribution in [-0.2, 0) is 16.0 Å². The number of hydrogen-bond acceptors (Lipinski definition) is 8. The van der Waals surface area contributed by atoms with Crippen molar-refractivity contribution in [3.8, 4) is 22.6 Å². The molecule has 2 aromatic carbocycles. The normalized spacial score (nSPS) is 17.4. The minimum absolute atomic E-state index is 0.104. The van der Waals surface area contributed by atoms with Gasteiger partial charge < -0.3 is 25.2 Å². The van der Waals surface area contributed by atoms with Gasteiger partial charge in [-0.05, 0) is 79.3 Å². The largest absolute Gasteiger partial charge is 0.507 e. The van der Waals surface area contributed by atoms with Gasteiger partial charge in [-0.25, -0.2) is 0 Å². The molecule has 3 rings (SSSR count). The van der Waals surface area contributed by atoms with Crippen LogP contribution in [0.5, 0.6) is 11.5 Å². The van der Waals surface area contributed by atoms with Gasteiger partial charge in [0.05, 0.1) is 31.8 Å². The number of fused-ring (bicyclic) bond motifs is 1. The molecular formula is C30H38O8. The lowest BCUT2D eigenvalue weighted by Crippen LogP contribution is -2.32. The molecule has 0 saturated heterocycles. The molecule has 0 aliphatic heterocycles. The minimum Gasteiger partial charge on any atom is -0.507 e. The summed E-state index contributed by atoms with van der Waals surface area (Å²) in [5.74, 6) is -1.84. The highest BCUT2D eigenvalue weighted by molar-refractivity contribution is 6.03. The van der Waals surface area contributed by atoms with Gasteiger partial charge in [-0.2, -0.15) is 0 Å². The van der Waals surface area contributed by atoms with E-state index in [4.69, 9.17) is 4.74 Å². The van der Waals surface area contributed by atoms with E-state index in [0.717, 1.165) is 0 Å². The fraction of sp³-hybridized carbons (Fsp3) is 0.500. The average molecular weight is 527 g/mol. The second-order valence-corrected chi connectivity index (χ2v) is 10.2. The first kappa shape index (κ1) is 29.5. The van der Waals surface area contributed by atoms with E-state index in [9.17, 15) is 34.8 Å². The molecular weight excluding hydrogens is 488 g/mol. The van der Waals surface area contributed by atoms with Crippen LogP contribution in [0, 0.1) is 17.8 Å². The summed E-state index contributed by atoms with van der Waals surface area (Å²) in [4.78, 5) is 37.5. The Morgan fingerprint density at radius 3 is 2.45 bits per heavy atom. The highest BCUT2D eigenvalue weighted by Gasteiger charge is 2.35. The van der Waals surface area contributed by atoms with Crippen molar-refractivity contribution in [3.05, 3.63) is 47.0 Å². The Morgan fingerprint density at radius 2 is 1.84 bits per heavy atom. The fourth-order valence-electron chi connectivity index (χ4n) is 5.65. The molecule has 4 N–H and O–H groups in total. The van der Waals surface area contributed by atoms with Gasteiger partial charge in [0.15, 0.2) is 5.78 Å². The SMILES string of the molecule is CCC(O)c1ccc(OC)c(-c2ccc(O)c3c2CC(CC(CCO)C(CO)C(=O)CC(C)=O)CC3=O)c1. The van der Waals surface area contributed by atoms with Crippen molar-refractivity contribution in [2.24, 2.45) is 17.8 Å². The second kappa shape index (κ2) is 13.1. The van der Waals surface area contributed by atoms with Gasteiger partial charge in [0.2, 0.25) is 0 Å². The zero-order valence-electron chi connectivity index (χ0n) is 22.3. The number of aliphatic hydroxyl groups excluding tert-OH is 3. The van der Waals surface area contributed by atoms with Gasteiger partial charge in [0, 0.05) is 24.5 Å². The number of aromatic hydroxyl groups is 1. The third-order valence-electron chi connectivity index (χ3n) is 7.56. The van der Waals surface area contributed by atoms with E-state index in [2.05, 4.69) is 0 Å². The van der Waals surface area contributed by atoms with E-state index in [-0.39, 0.29) is 60.4 Å². The van der Waals surface area contributed by atoms with Crippen molar-refractivity contribution in [3.63, 3.8) is 0 Å². The molecule has 206 valence electrons. The first-order valence-corrected chi connectivity index (χ1v) is 13.1. The van der Waals surface area contributed by atoms with Gasteiger partial charge in [-0.15, -0.1) is 0 Å². The molecule has 4 atom stereocenters. The van der Waals surface area contributed by atoms with Crippen molar-refractivity contribution < 1.29 is 39.5 Å². The Kier molecular flexibility index (Phi) is 10.2. The zero-order valence-corrected chi connectivity index (χ0v) is 22.3. The van der Waals surface area contributed by atoms with Gasteiger partial charge in [-0.1, -0.05) is 19.1 Å². The van der Waals surface area contributed by atoms with Crippen LogP contribution in [0.25, 0.3) is 11.1 Å². The Balaban J connectivity index is 2.02.